The lowest BCUT2D eigenvalue weighted by molar-refractivity contribution is 0.161. The molecule has 3 N–H and O–H groups in total. The van der Waals surface area contributed by atoms with Crippen LogP contribution in [0.3, 0.4) is 0 Å². The third-order valence-corrected chi connectivity index (χ3v) is 3.79. The lowest BCUT2D eigenvalue weighted by atomic mass is 10.0. The first-order chi connectivity index (χ1) is 12.3. The summed E-state index contributed by atoms with van der Waals surface area (Å²) in [4.78, 5) is 3.05. The molecular formula is C19H19F4N3. The van der Waals surface area contributed by atoms with E-state index in [-0.39, 0.29) is 12.1 Å². The highest BCUT2D eigenvalue weighted by Gasteiger charge is 2.11. The SMILES string of the molecule is C/C(N)=C(/C=N/C(F)F)c1ccc(NCc2c(F)ccc(C)c2F)cc1. The van der Waals surface area contributed by atoms with Crippen molar-refractivity contribution in [3.8, 4) is 0 Å². The largest absolute Gasteiger partial charge is 0.402 e. The van der Waals surface area contributed by atoms with Crippen LogP contribution < -0.4 is 11.1 Å². The number of benzene rings is 2. The Bertz CT molecular complexity index is 823. The third kappa shape index (κ3) is 4.84. The molecule has 0 aromatic heterocycles. The monoisotopic (exact) mass is 365 g/mol. The van der Waals surface area contributed by atoms with Gasteiger partial charge in [-0.2, -0.15) is 8.78 Å². The summed E-state index contributed by atoms with van der Waals surface area (Å²) in [6.45, 7) is 0.313. The van der Waals surface area contributed by atoms with Crippen LogP contribution in [0.25, 0.3) is 5.57 Å². The van der Waals surface area contributed by atoms with Gasteiger partial charge in [0.05, 0.1) is 0 Å². The summed E-state index contributed by atoms with van der Waals surface area (Å²) < 4.78 is 52.3. The summed E-state index contributed by atoms with van der Waals surface area (Å²) in [5.41, 5.74) is 7.99. The molecule has 0 aliphatic carbocycles. The van der Waals surface area contributed by atoms with Crippen LogP contribution in [0.4, 0.5) is 23.2 Å². The lowest BCUT2D eigenvalue weighted by Crippen LogP contribution is -2.06. The second-order valence-corrected chi connectivity index (χ2v) is 5.74. The molecule has 0 radical (unpaired) electrons. The minimum atomic E-state index is -2.82. The van der Waals surface area contributed by atoms with E-state index in [2.05, 4.69) is 10.3 Å². The van der Waals surface area contributed by atoms with E-state index >= 15 is 0 Å². The minimum Gasteiger partial charge on any atom is -0.402 e. The van der Waals surface area contributed by atoms with Crippen LogP contribution in [-0.2, 0) is 6.54 Å². The lowest BCUT2D eigenvalue weighted by Gasteiger charge is -2.11. The second kappa shape index (κ2) is 8.51. The van der Waals surface area contributed by atoms with Crippen molar-refractivity contribution in [3.05, 3.63) is 70.4 Å². The summed E-state index contributed by atoms with van der Waals surface area (Å²) in [6.07, 6.45) is 1.03. The molecule has 2 aromatic carbocycles. The number of halogens is 4. The molecule has 0 atom stereocenters. The standard InChI is InChI=1S/C19H19F4N3/c1-11-3-8-17(20)16(18(11)21)10-25-14-6-4-13(5-7-14)15(12(2)24)9-26-19(22)23/h3-9,19,25H,10,24H2,1-2H3/b15-12+,26-9+. The zero-order valence-corrected chi connectivity index (χ0v) is 14.4. The first-order valence-corrected chi connectivity index (χ1v) is 7.85. The summed E-state index contributed by atoms with van der Waals surface area (Å²) in [5, 5.41) is 2.93. The second-order valence-electron chi connectivity index (χ2n) is 5.74. The van der Waals surface area contributed by atoms with E-state index in [1.54, 1.807) is 38.1 Å². The van der Waals surface area contributed by atoms with Crippen LogP contribution in [0.2, 0.25) is 0 Å². The van der Waals surface area contributed by atoms with Crippen LogP contribution in [0.15, 0.2) is 47.1 Å². The molecule has 7 heteroatoms. The summed E-state index contributed by atoms with van der Waals surface area (Å²) in [6, 6.07) is 9.26. The normalized spacial score (nSPS) is 12.6. The quantitative estimate of drug-likeness (QED) is 0.436. The summed E-state index contributed by atoms with van der Waals surface area (Å²) in [5.74, 6) is -1.20. The van der Waals surface area contributed by atoms with Gasteiger partial charge in [-0.25, -0.2) is 13.8 Å². The van der Waals surface area contributed by atoms with Crippen molar-refractivity contribution < 1.29 is 17.6 Å². The first-order valence-electron chi connectivity index (χ1n) is 7.85. The number of nitrogens with one attached hydrogen (secondary N) is 1. The molecule has 0 bridgehead atoms. The van der Waals surface area contributed by atoms with Crippen LogP contribution in [-0.4, -0.2) is 12.8 Å². The van der Waals surface area contributed by atoms with Crippen molar-refractivity contribution in [1.29, 1.82) is 0 Å². The molecule has 0 fully saturated rings. The van der Waals surface area contributed by atoms with Crippen molar-refractivity contribution in [2.75, 3.05) is 5.32 Å². The predicted molar refractivity (Wildman–Crippen MR) is 96.1 cm³/mol. The van der Waals surface area contributed by atoms with Gasteiger partial charge >= 0.3 is 6.55 Å². The fraction of sp³-hybridized carbons (Fsp3) is 0.211. The zero-order valence-electron chi connectivity index (χ0n) is 14.4. The van der Waals surface area contributed by atoms with Crippen LogP contribution in [0.1, 0.15) is 23.6 Å². The maximum Gasteiger partial charge on any atom is 0.331 e. The number of hydrogen-bond acceptors (Lipinski definition) is 3. The highest BCUT2D eigenvalue weighted by Crippen LogP contribution is 2.21. The van der Waals surface area contributed by atoms with Crippen molar-refractivity contribution in [2.45, 2.75) is 26.9 Å². The summed E-state index contributed by atoms with van der Waals surface area (Å²) in [7, 11) is 0. The van der Waals surface area contributed by atoms with Gasteiger partial charge in [-0.05, 0) is 43.2 Å². The fourth-order valence-corrected chi connectivity index (χ4v) is 2.37. The number of anilines is 1. The average Bonchev–Trinajstić information content (AvgIpc) is 2.59. The van der Waals surface area contributed by atoms with Crippen molar-refractivity contribution >= 4 is 17.5 Å². The fourth-order valence-electron chi connectivity index (χ4n) is 2.37. The molecule has 0 spiro atoms. The van der Waals surface area contributed by atoms with Gasteiger partial charge in [0.15, 0.2) is 0 Å². The van der Waals surface area contributed by atoms with Gasteiger partial charge in [0.1, 0.15) is 11.6 Å². The van der Waals surface area contributed by atoms with Gasteiger partial charge in [0.25, 0.3) is 0 Å². The molecule has 0 aliphatic rings. The molecule has 0 heterocycles. The van der Waals surface area contributed by atoms with E-state index in [1.807, 2.05) is 0 Å². The summed E-state index contributed by atoms with van der Waals surface area (Å²) >= 11 is 0. The Hall–Kier alpha value is -2.83. The number of nitrogens with zero attached hydrogens (tertiary/aromatic N) is 1. The number of nitrogens with two attached hydrogens (primary N) is 1. The van der Waals surface area contributed by atoms with Crippen molar-refractivity contribution in [3.63, 3.8) is 0 Å². The number of hydrogen-bond donors (Lipinski definition) is 2. The van der Waals surface area contributed by atoms with Gasteiger partial charge < -0.3 is 11.1 Å². The molecule has 0 amide bonds. The molecule has 2 aromatic rings. The molecular weight excluding hydrogens is 346 g/mol. The number of rotatable bonds is 6. The van der Waals surface area contributed by atoms with Gasteiger partial charge in [-0.1, -0.05) is 18.2 Å². The highest BCUT2D eigenvalue weighted by molar-refractivity contribution is 6.10. The average molecular weight is 365 g/mol. The molecule has 0 aliphatic heterocycles. The Balaban J connectivity index is 2.15. The Kier molecular flexibility index (Phi) is 6.38. The van der Waals surface area contributed by atoms with E-state index < -0.39 is 18.2 Å². The van der Waals surface area contributed by atoms with Crippen LogP contribution in [0, 0.1) is 18.6 Å². The zero-order chi connectivity index (χ0) is 19.3. The molecule has 3 nitrogen and oxygen atoms in total. The van der Waals surface area contributed by atoms with Gasteiger partial charge in [-0.15, -0.1) is 0 Å². The third-order valence-electron chi connectivity index (χ3n) is 3.79. The topological polar surface area (TPSA) is 50.4 Å². The molecule has 0 saturated carbocycles. The maximum atomic E-state index is 14.0. The van der Waals surface area contributed by atoms with Gasteiger partial charge in [0, 0.05) is 35.3 Å². The molecule has 2 rings (SSSR count). The highest BCUT2D eigenvalue weighted by atomic mass is 19.3. The molecule has 0 saturated heterocycles. The number of aliphatic imine (C=N–C) groups is 1. The number of allylic oxidation sites excluding steroid dienone is 2. The van der Waals surface area contributed by atoms with E-state index in [0.717, 1.165) is 6.21 Å². The van der Waals surface area contributed by atoms with Crippen molar-refractivity contribution in [1.82, 2.24) is 0 Å². The van der Waals surface area contributed by atoms with E-state index in [1.165, 1.54) is 12.1 Å². The molecule has 26 heavy (non-hydrogen) atoms. The Morgan fingerprint density at radius 2 is 1.81 bits per heavy atom. The van der Waals surface area contributed by atoms with Crippen LogP contribution >= 0.6 is 0 Å². The van der Waals surface area contributed by atoms with E-state index in [4.69, 9.17) is 5.73 Å². The first kappa shape index (κ1) is 19.5. The minimum absolute atomic E-state index is 0.0237. The Morgan fingerprint density at radius 1 is 1.15 bits per heavy atom. The Morgan fingerprint density at radius 3 is 2.38 bits per heavy atom. The smallest absolute Gasteiger partial charge is 0.331 e. The van der Waals surface area contributed by atoms with Gasteiger partial charge in [0.2, 0.25) is 0 Å². The molecule has 138 valence electrons. The van der Waals surface area contributed by atoms with Gasteiger partial charge in [-0.3, -0.25) is 0 Å². The predicted octanol–water partition coefficient (Wildman–Crippen LogP) is 4.87. The molecule has 0 unspecified atom stereocenters. The maximum absolute atomic E-state index is 14.0. The van der Waals surface area contributed by atoms with Crippen molar-refractivity contribution in [2.24, 2.45) is 10.7 Å². The number of alkyl halides is 2. The van der Waals surface area contributed by atoms with E-state index in [0.29, 0.717) is 28.1 Å². The van der Waals surface area contributed by atoms with Crippen LogP contribution in [0.5, 0.6) is 0 Å². The Labute approximate surface area is 149 Å². The van der Waals surface area contributed by atoms with E-state index in [9.17, 15) is 17.6 Å². The number of aryl methyl sites for hydroxylation is 1.